The summed E-state index contributed by atoms with van der Waals surface area (Å²) in [4.78, 5) is 14.9. The summed E-state index contributed by atoms with van der Waals surface area (Å²) in [6, 6.07) is 2.43. The van der Waals surface area contributed by atoms with Crippen molar-refractivity contribution in [2.45, 2.75) is 97.1 Å². The number of ether oxygens (including phenoxy) is 1. The molecule has 1 aromatic heterocycles. The Morgan fingerprint density at radius 1 is 1.08 bits per heavy atom. The standard InChI is InChI=1S/C30H43F2N3O3/c1-5-6-19-20-7-8-22(25(36)17-35-33-24-10-9-23(31)26(32)27(24)34-35)29(20,3)12-11-21(19)30(18-38-4)15-13-28(2,37)14-16-30/h9-10,19-22,37H,5-8,11-18H2,1-4H3/t19-,20-,21-,22+,28-,29-,30+/m0/s1. The fourth-order valence-electron chi connectivity index (χ4n) is 8.80. The number of benzene rings is 1. The second-order valence-corrected chi connectivity index (χ2v) is 13.1. The Morgan fingerprint density at radius 3 is 2.50 bits per heavy atom. The number of rotatable bonds is 8. The lowest BCUT2D eigenvalue weighted by Gasteiger charge is -2.56. The molecule has 6 nitrogen and oxygen atoms in total. The van der Waals surface area contributed by atoms with Crippen LogP contribution in [0, 0.1) is 46.1 Å². The van der Waals surface area contributed by atoms with Gasteiger partial charge < -0.3 is 9.84 Å². The van der Waals surface area contributed by atoms with Crippen LogP contribution in [0.25, 0.3) is 11.0 Å². The average Bonchev–Trinajstić information content (AvgIpc) is 3.44. The Hall–Kier alpha value is -1.93. The van der Waals surface area contributed by atoms with Crippen molar-refractivity contribution in [1.29, 1.82) is 0 Å². The number of hydrogen-bond acceptors (Lipinski definition) is 5. The summed E-state index contributed by atoms with van der Waals surface area (Å²) >= 11 is 0. The predicted molar refractivity (Wildman–Crippen MR) is 141 cm³/mol. The molecule has 3 fully saturated rings. The lowest BCUT2D eigenvalue weighted by molar-refractivity contribution is -0.136. The van der Waals surface area contributed by atoms with Crippen molar-refractivity contribution in [2.75, 3.05) is 13.7 Å². The third-order valence-corrected chi connectivity index (χ3v) is 10.8. The van der Waals surface area contributed by atoms with Gasteiger partial charge in [0.25, 0.3) is 0 Å². The van der Waals surface area contributed by atoms with Crippen LogP contribution in [-0.2, 0) is 16.1 Å². The lowest BCUT2D eigenvalue weighted by atomic mass is 9.49. The highest BCUT2D eigenvalue weighted by molar-refractivity contribution is 5.82. The Balaban J connectivity index is 1.37. The van der Waals surface area contributed by atoms with Crippen molar-refractivity contribution in [3.63, 3.8) is 0 Å². The van der Waals surface area contributed by atoms with Crippen molar-refractivity contribution in [2.24, 2.45) is 34.5 Å². The van der Waals surface area contributed by atoms with Crippen molar-refractivity contribution in [1.82, 2.24) is 15.0 Å². The topological polar surface area (TPSA) is 77.2 Å². The minimum absolute atomic E-state index is 0.0206. The Bertz CT molecular complexity index is 1170. The van der Waals surface area contributed by atoms with E-state index in [0.29, 0.717) is 17.8 Å². The average molecular weight is 532 g/mol. The number of carbonyl (C=O) groups is 1. The fourth-order valence-corrected chi connectivity index (χ4v) is 8.80. The van der Waals surface area contributed by atoms with Gasteiger partial charge in [-0.05, 0) is 99.0 Å². The maximum Gasteiger partial charge on any atom is 0.188 e. The molecule has 8 heteroatoms. The third kappa shape index (κ3) is 4.70. The first-order valence-corrected chi connectivity index (χ1v) is 14.5. The van der Waals surface area contributed by atoms with Crippen LogP contribution in [0.3, 0.4) is 0 Å². The smallest absolute Gasteiger partial charge is 0.188 e. The molecule has 38 heavy (non-hydrogen) atoms. The van der Waals surface area contributed by atoms with Gasteiger partial charge in [0.05, 0.1) is 12.2 Å². The summed E-state index contributed by atoms with van der Waals surface area (Å²) in [5.41, 5.74) is -0.479. The van der Waals surface area contributed by atoms with E-state index < -0.39 is 17.2 Å². The van der Waals surface area contributed by atoms with E-state index in [1.165, 1.54) is 10.9 Å². The van der Waals surface area contributed by atoms with Gasteiger partial charge in [0.1, 0.15) is 12.1 Å². The van der Waals surface area contributed by atoms with Crippen LogP contribution >= 0.6 is 0 Å². The maximum atomic E-state index is 14.2. The molecule has 1 aromatic carbocycles. The van der Waals surface area contributed by atoms with Crippen LogP contribution in [0.4, 0.5) is 8.78 Å². The van der Waals surface area contributed by atoms with Gasteiger partial charge >= 0.3 is 0 Å². The van der Waals surface area contributed by atoms with Crippen molar-refractivity contribution in [3.8, 4) is 0 Å². The van der Waals surface area contributed by atoms with Gasteiger partial charge in [-0.25, -0.2) is 8.78 Å². The van der Waals surface area contributed by atoms with Crippen LogP contribution in [-0.4, -0.2) is 45.2 Å². The molecule has 0 radical (unpaired) electrons. The van der Waals surface area contributed by atoms with Gasteiger partial charge in [-0.15, -0.1) is 5.10 Å². The van der Waals surface area contributed by atoms with E-state index >= 15 is 0 Å². The first-order chi connectivity index (χ1) is 18.0. The molecule has 0 saturated heterocycles. The molecule has 0 spiro atoms. The molecule has 1 N–H and O–H groups in total. The number of methoxy groups -OCH3 is 1. The summed E-state index contributed by atoms with van der Waals surface area (Å²) in [5, 5.41) is 19.1. The second kappa shape index (κ2) is 10.2. The van der Waals surface area contributed by atoms with Crippen molar-refractivity contribution in [3.05, 3.63) is 23.8 Å². The largest absolute Gasteiger partial charge is 0.390 e. The predicted octanol–water partition coefficient (Wildman–Crippen LogP) is 6.10. The number of carbonyl (C=O) groups excluding carboxylic acids is 1. The van der Waals surface area contributed by atoms with Gasteiger partial charge in [-0.2, -0.15) is 9.90 Å². The number of fused-ring (bicyclic) bond motifs is 2. The summed E-state index contributed by atoms with van der Waals surface area (Å²) < 4.78 is 33.6. The van der Waals surface area contributed by atoms with E-state index in [1.807, 2.05) is 6.92 Å². The molecular weight excluding hydrogens is 488 g/mol. The highest BCUT2D eigenvalue weighted by Crippen LogP contribution is 2.64. The molecule has 3 saturated carbocycles. The monoisotopic (exact) mass is 531 g/mol. The van der Waals surface area contributed by atoms with E-state index in [0.717, 1.165) is 76.9 Å². The normalized spacial score (nSPS) is 37.4. The number of aromatic nitrogens is 3. The third-order valence-electron chi connectivity index (χ3n) is 10.8. The van der Waals surface area contributed by atoms with Crippen LogP contribution in [0.2, 0.25) is 0 Å². The van der Waals surface area contributed by atoms with Crippen LogP contribution in [0.15, 0.2) is 12.1 Å². The number of Topliss-reactive ketones (excluding diaryl/α,β-unsaturated/α-hetero) is 1. The maximum absolute atomic E-state index is 14.2. The molecule has 0 amide bonds. The van der Waals surface area contributed by atoms with Crippen molar-refractivity contribution < 1.29 is 23.4 Å². The van der Waals surface area contributed by atoms with Crippen LogP contribution < -0.4 is 0 Å². The first-order valence-electron chi connectivity index (χ1n) is 14.5. The second-order valence-electron chi connectivity index (χ2n) is 13.1. The number of hydrogen-bond donors (Lipinski definition) is 1. The minimum atomic E-state index is -1.02. The van der Waals surface area contributed by atoms with Gasteiger partial charge in [-0.1, -0.05) is 26.7 Å². The fraction of sp³-hybridized carbons (Fsp3) is 0.767. The SMILES string of the molecule is CCC[C@H]1[C@@H]2CC[C@H](C(=O)Cn3nc4ccc(F)c(F)c4n3)[C@@]2(C)CC[C@@H]1[C@]1(COC)CC[C@](C)(O)CC1. The van der Waals surface area contributed by atoms with Gasteiger partial charge in [-0.3, -0.25) is 4.79 Å². The molecular formula is C30H43F2N3O3. The molecule has 5 rings (SSSR count). The highest BCUT2D eigenvalue weighted by atomic mass is 19.2. The number of halogens is 2. The zero-order valence-electron chi connectivity index (χ0n) is 23.3. The van der Waals surface area contributed by atoms with Gasteiger partial charge in [0.2, 0.25) is 0 Å². The lowest BCUT2D eigenvalue weighted by Crippen LogP contribution is -2.52. The summed E-state index contributed by atoms with van der Waals surface area (Å²) in [7, 11) is 1.80. The van der Waals surface area contributed by atoms with E-state index in [1.54, 1.807) is 7.11 Å². The van der Waals surface area contributed by atoms with Crippen LogP contribution in [0.1, 0.15) is 85.0 Å². The molecule has 5 atom stereocenters. The molecule has 1 heterocycles. The first kappa shape index (κ1) is 27.6. The van der Waals surface area contributed by atoms with E-state index in [4.69, 9.17) is 4.74 Å². The zero-order valence-corrected chi connectivity index (χ0v) is 23.3. The minimum Gasteiger partial charge on any atom is -0.390 e. The van der Waals surface area contributed by atoms with Gasteiger partial charge in [0.15, 0.2) is 22.9 Å². The molecule has 3 aliphatic carbocycles. The van der Waals surface area contributed by atoms with E-state index in [9.17, 15) is 18.7 Å². The van der Waals surface area contributed by atoms with Gasteiger partial charge in [0, 0.05) is 13.0 Å². The molecule has 0 unspecified atom stereocenters. The Morgan fingerprint density at radius 2 is 1.82 bits per heavy atom. The number of ketones is 1. The van der Waals surface area contributed by atoms with E-state index in [-0.39, 0.29) is 40.1 Å². The molecule has 0 aliphatic heterocycles. The molecule has 3 aliphatic rings. The Kier molecular flexibility index (Phi) is 7.44. The number of aliphatic hydroxyl groups is 1. The summed E-state index contributed by atoms with van der Waals surface area (Å²) in [5.74, 6) is -0.474. The highest BCUT2D eigenvalue weighted by Gasteiger charge is 2.59. The molecule has 2 aromatic rings. The summed E-state index contributed by atoms with van der Waals surface area (Å²) in [6.45, 7) is 7.23. The molecule has 0 bridgehead atoms. The Labute approximate surface area is 224 Å². The van der Waals surface area contributed by atoms with E-state index in [2.05, 4.69) is 24.0 Å². The summed E-state index contributed by atoms with van der Waals surface area (Å²) in [6.07, 6.45) is 9.79. The number of nitrogens with zero attached hydrogens (tertiary/aromatic N) is 3. The molecule has 210 valence electrons. The van der Waals surface area contributed by atoms with Crippen LogP contribution in [0.5, 0.6) is 0 Å². The zero-order chi connectivity index (χ0) is 27.3. The quantitative estimate of drug-likeness (QED) is 0.446. The van der Waals surface area contributed by atoms with Crippen molar-refractivity contribution >= 4 is 16.8 Å².